The lowest BCUT2D eigenvalue weighted by molar-refractivity contribution is 0.478. The highest BCUT2D eigenvalue weighted by Gasteiger charge is 2.24. The first-order valence-corrected chi connectivity index (χ1v) is 5.57. The molecule has 2 N–H and O–H groups in total. The molecule has 1 saturated carbocycles. The van der Waals surface area contributed by atoms with E-state index in [2.05, 4.69) is 31.2 Å². The van der Waals surface area contributed by atoms with Crippen LogP contribution in [0, 0.1) is 12.8 Å². The minimum Gasteiger partial charge on any atom is -0.327 e. The molecule has 1 heteroatoms. The molecule has 1 nitrogen and oxygen atoms in total. The normalized spacial score (nSPS) is 26.7. The molecule has 0 radical (unpaired) electrons. The third-order valence-electron chi connectivity index (χ3n) is 3.46. The van der Waals surface area contributed by atoms with Gasteiger partial charge in [0.2, 0.25) is 0 Å². The van der Waals surface area contributed by atoms with Crippen LogP contribution < -0.4 is 5.73 Å². The van der Waals surface area contributed by atoms with E-state index in [1.165, 1.54) is 36.8 Å². The van der Waals surface area contributed by atoms with Crippen LogP contribution in [0.25, 0.3) is 0 Å². The van der Waals surface area contributed by atoms with Crippen LogP contribution in [0.15, 0.2) is 24.3 Å². The van der Waals surface area contributed by atoms with Crippen molar-refractivity contribution in [2.75, 3.05) is 0 Å². The van der Waals surface area contributed by atoms with Crippen molar-refractivity contribution in [1.29, 1.82) is 0 Å². The molecule has 0 bridgehead atoms. The molecule has 2 atom stereocenters. The van der Waals surface area contributed by atoms with Crippen molar-refractivity contribution in [2.45, 2.75) is 38.6 Å². The minimum atomic E-state index is 0.439. The van der Waals surface area contributed by atoms with Crippen molar-refractivity contribution in [3.8, 4) is 0 Å². The number of aryl methyl sites for hydroxylation is 1. The van der Waals surface area contributed by atoms with E-state index in [-0.39, 0.29) is 0 Å². The second-order valence-electron chi connectivity index (χ2n) is 4.49. The summed E-state index contributed by atoms with van der Waals surface area (Å²) in [5, 5.41) is 0. The van der Waals surface area contributed by atoms with Crippen LogP contribution in [0.5, 0.6) is 0 Å². The maximum absolute atomic E-state index is 6.08. The van der Waals surface area contributed by atoms with Gasteiger partial charge in [0.15, 0.2) is 0 Å². The van der Waals surface area contributed by atoms with Gasteiger partial charge in [-0.3, -0.25) is 0 Å². The number of benzene rings is 1. The molecule has 1 aromatic carbocycles. The maximum Gasteiger partial charge on any atom is 0.00703 e. The van der Waals surface area contributed by atoms with E-state index >= 15 is 0 Å². The van der Waals surface area contributed by atoms with Gasteiger partial charge in [0, 0.05) is 6.04 Å². The number of hydrogen-bond acceptors (Lipinski definition) is 1. The van der Waals surface area contributed by atoms with E-state index in [0.29, 0.717) is 6.04 Å². The predicted molar refractivity (Wildman–Crippen MR) is 60.2 cm³/mol. The summed E-state index contributed by atoms with van der Waals surface area (Å²) in [5.41, 5.74) is 8.97. The molecule has 76 valence electrons. The van der Waals surface area contributed by atoms with Gasteiger partial charge < -0.3 is 5.73 Å². The second kappa shape index (κ2) is 4.14. The third kappa shape index (κ3) is 1.98. The molecule has 1 aliphatic carbocycles. The summed E-state index contributed by atoms with van der Waals surface area (Å²) in [6.45, 7) is 2.19. The average molecular weight is 189 g/mol. The van der Waals surface area contributed by atoms with Crippen LogP contribution in [0.1, 0.15) is 30.4 Å². The zero-order chi connectivity index (χ0) is 9.97. The Bertz CT molecular complexity index is 306. The summed E-state index contributed by atoms with van der Waals surface area (Å²) in [7, 11) is 0. The smallest absolute Gasteiger partial charge is 0.00703 e. The molecule has 1 aliphatic rings. The van der Waals surface area contributed by atoms with Crippen LogP contribution in [0.4, 0.5) is 0 Å². The molecular formula is C13H19N. The Morgan fingerprint density at radius 2 is 2.07 bits per heavy atom. The molecule has 2 unspecified atom stereocenters. The van der Waals surface area contributed by atoms with Gasteiger partial charge in [0.25, 0.3) is 0 Å². The fourth-order valence-corrected chi connectivity index (χ4v) is 2.44. The number of hydrogen-bond donors (Lipinski definition) is 1. The monoisotopic (exact) mass is 189 g/mol. The van der Waals surface area contributed by atoms with Crippen molar-refractivity contribution in [3.63, 3.8) is 0 Å². The molecule has 0 aromatic heterocycles. The van der Waals surface area contributed by atoms with Gasteiger partial charge in [-0.25, -0.2) is 0 Å². The minimum absolute atomic E-state index is 0.439. The first-order valence-electron chi connectivity index (χ1n) is 5.57. The van der Waals surface area contributed by atoms with Crippen LogP contribution in [-0.4, -0.2) is 6.04 Å². The molecule has 0 saturated heterocycles. The Labute approximate surface area is 86.3 Å². The van der Waals surface area contributed by atoms with Gasteiger partial charge in [0.1, 0.15) is 0 Å². The summed E-state index contributed by atoms with van der Waals surface area (Å²) in [5.74, 6) is 0.719. The maximum atomic E-state index is 6.08. The van der Waals surface area contributed by atoms with Crippen LogP contribution in [-0.2, 0) is 6.42 Å². The summed E-state index contributed by atoms with van der Waals surface area (Å²) in [6, 6.07) is 9.10. The SMILES string of the molecule is Cc1ccccc1CC1CCCC1N. The molecule has 1 fully saturated rings. The second-order valence-corrected chi connectivity index (χ2v) is 4.49. The first kappa shape index (κ1) is 9.72. The molecule has 0 aliphatic heterocycles. The van der Waals surface area contributed by atoms with Crippen molar-refractivity contribution in [1.82, 2.24) is 0 Å². The van der Waals surface area contributed by atoms with Gasteiger partial charge in [-0.15, -0.1) is 0 Å². The summed E-state index contributed by atoms with van der Waals surface area (Å²) >= 11 is 0. The average Bonchev–Trinajstić information content (AvgIpc) is 2.56. The van der Waals surface area contributed by atoms with Gasteiger partial charge >= 0.3 is 0 Å². The fraction of sp³-hybridized carbons (Fsp3) is 0.538. The summed E-state index contributed by atoms with van der Waals surface area (Å²) < 4.78 is 0. The van der Waals surface area contributed by atoms with Gasteiger partial charge in [-0.05, 0) is 43.2 Å². The first-order chi connectivity index (χ1) is 6.77. The fourth-order valence-electron chi connectivity index (χ4n) is 2.44. The van der Waals surface area contributed by atoms with Crippen molar-refractivity contribution >= 4 is 0 Å². The Hall–Kier alpha value is -0.820. The lowest BCUT2D eigenvalue weighted by Crippen LogP contribution is -2.26. The quantitative estimate of drug-likeness (QED) is 0.760. The summed E-state index contributed by atoms with van der Waals surface area (Å²) in [6.07, 6.45) is 5.03. The molecule has 0 amide bonds. The lowest BCUT2D eigenvalue weighted by Gasteiger charge is -2.16. The van der Waals surface area contributed by atoms with Crippen molar-refractivity contribution < 1.29 is 0 Å². The zero-order valence-corrected chi connectivity index (χ0v) is 8.87. The molecule has 2 rings (SSSR count). The van der Waals surface area contributed by atoms with Gasteiger partial charge in [0.05, 0.1) is 0 Å². The van der Waals surface area contributed by atoms with Crippen molar-refractivity contribution in [3.05, 3.63) is 35.4 Å². The van der Waals surface area contributed by atoms with Gasteiger partial charge in [-0.2, -0.15) is 0 Å². The lowest BCUT2D eigenvalue weighted by atomic mass is 9.93. The highest BCUT2D eigenvalue weighted by atomic mass is 14.7. The van der Waals surface area contributed by atoms with Crippen LogP contribution in [0.2, 0.25) is 0 Å². The largest absolute Gasteiger partial charge is 0.327 e. The van der Waals surface area contributed by atoms with E-state index in [4.69, 9.17) is 5.73 Å². The predicted octanol–water partition coefficient (Wildman–Crippen LogP) is 2.66. The molecular weight excluding hydrogens is 170 g/mol. The van der Waals surface area contributed by atoms with E-state index in [1.54, 1.807) is 0 Å². The number of nitrogens with two attached hydrogens (primary N) is 1. The Balaban J connectivity index is 2.07. The highest BCUT2D eigenvalue weighted by molar-refractivity contribution is 5.26. The topological polar surface area (TPSA) is 26.0 Å². The summed E-state index contributed by atoms with van der Waals surface area (Å²) in [4.78, 5) is 0. The van der Waals surface area contributed by atoms with E-state index in [0.717, 1.165) is 5.92 Å². The zero-order valence-electron chi connectivity index (χ0n) is 8.87. The highest BCUT2D eigenvalue weighted by Crippen LogP contribution is 2.28. The molecule has 1 aromatic rings. The Morgan fingerprint density at radius 1 is 1.29 bits per heavy atom. The standard InChI is InChI=1S/C13H19N/c1-10-5-2-3-6-11(10)9-12-7-4-8-13(12)14/h2-3,5-6,12-13H,4,7-9,14H2,1H3. The van der Waals surface area contributed by atoms with Gasteiger partial charge in [-0.1, -0.05) is 30.7 Å². The van der Waals surface area contributed by atoms with Crippen molar-refractivity contribution in [2.24, 2.45) is 11.7 Å². The number of rotatable bonds is 2. The van der Waals surface area contributed by atoms with Crippen LogP contribution in [0.3, 0.4) is 0 Å². The molecule has 0 spiro atoms. The third-order valence-corrected chi connectivity index (χ3v) is 3.46. The Kier molecular flexibility index (Phi) is 2.87. The molecule has 0 heterocycles. The van der Waals surface area contributed by atoms with E-state index in [1.807, 2.05) is 0 Å². The van der Waals surface area contributed by atoms with Crippen LogP contribution >= 0.6 is 0 Å². The van der Waals surface area contributed by atoms with E-state index in [9.17, 15) is 0 Å². The molecule has 14 heavy (non-hydrogen) atoms. The Morgan fingerprint density at radius 3 is 2.71 bits per heavy atom. The van der Waals surface area contributed by atoms with E-state index < -0.39 is 0 Å².